The van der Waals surface area contributed by atoms with Gasteiger partial charge in [0.15, 0.2) is 0 Å². The molecule has 1 aromatic rings. The van der Waals surface area contributed by atoms with E-state index in [1.807, 2.05) is 6.20 Å². The van der Waals surface area contributed by atoms with Gasteiger partial charge in [-0.2, -0.15) is 0 Å². The van der Waals surface area contributed by atoms with Crippen LogP contribution in [0, 0.1) is 46.3 Å². The number of rotatable bonds is 14. The molecule has 0 saturated heterocycles. The molecule has 1 heterocycles. The zero-order valence-electron chi connectivity index (χ0n) is 29.0. The predicted octanol–water partition coefficient (Wildman–Crippen LogP) is 8.25. The Hall–Kier alpha value is -1.40. The number of hydrogen-bond acceptors (Lipinski definition) is 5. The molecule has 0 bridgehead atoms. The predicted molar refractivity (Wildman–Crippen MR) is 178 cm³/mol. The highest BCUT2D eigenvalue weighted by atomic mass is 16.5. The number of fused-ring (bicyclic) bond motifs is 5. The number of carbonyl (C=O) groups excluding carboxylic acids is 1. The summed E-state index contributed by atoms with van der Waals surface area (Å²) in [6.07, 6.45) is 20.6. The molecule has 6 nitrogen and oxygen atoms in total. The topological polar surface area (TPSA) is 87.2 Å². The van der Waals surface area contributed by atoms with Crippen molar-refractivity contribution in [1.29, 1.82) is 0 Å². The highest BCUT2D eigenvalue weighted by molar-refractivity contribution is 5.69. The smallest absolute Gasteiger partial charge is 0.306 e. The molecule has 5 rings (SSSR count). The van der Waals surface area contributed by atoms with Gasteiger partial charge in [-0.15, -0.1) is 0 Å². The monoisotopic (exact) mass is 612 g/mol. The second-order valence-corrected chi connectivity index (χ2v) is 16.6. The van der Waals surface area contributed by atoms with Crippen molar-refractivity contribution < 1.29 is 14.6 Å². The van der Waals surface area contributed by atoms with Crippen LogP contribution in [0.15, 0.2) is 12.5 Å². The van der Waals surface area contributed by atoms with Crippen LogP contribution in [0.3, 0.4) is 0 Å². The molecule has 4 aliphatic carbocycles. The van der Waals surface area contributed by atoms with E-state index >= 15 is 0 Å². The number of imidazole rings is 1. The van der Waals surface area contributed by atoms with Gasteiger partial charge in [0.05, 0.1) is 11.9 Å². The molecular formula is C38H65N3O3. The molecule has 4 aliphatic rings. The molecule has 250 valence electrons. The second kappa shape index (κ2) is 14.2. The maximum atomic E-state index is 12.9. The number of ether oxygens (including phenoxy) is 1. The molecule has 3 N–H and O–H groups in total. The van der Waals surface area contributed by atoms with E-state index < -0.39 is 5.60 Å². The third kappa shape index (κ3) is 6.68. The summed E-state index contributed by atoms with van der Waals surface area (Å²) in [6.45, 7) is 15.3. The zero-order chi connectivity index (χ0) is 31.5. The number of esters is 1. The Balaban J connectivity index is 1.34. The highest BCUT2D eigenvalue weighted by Crippen LogP contribution is 2.69. The molecule has 0 amide bonds. The van der Waals surface area contributed by atoms with Crippen molar-refractivity contribution in [3.8, 4) is 0 Å². The van der Waals surface area contributed by atoms with Gasteiger partial charge in [0.1, 0.15) is 6.10 Å². The van der Waals surface area contributed by atoms with Gasteiger partial charge in [-0.1, -0.05) is 73.6 Å². The van der Waals surface area contributed by atoms with E-state index in [4.69, 9.17) is 4.74 Å². The third-order valence-electron chi connectivity index (χ3n) is 13.7. The summed E-state index contributed by atoms with van der Waals surface area (Å²) in [6, 6.07) is 0.00290. The van der Waals surface area contributed by atoms with Crippen LogP contribution in [0.4, 0.5) is 0 Å². The molecular weight excluding hydrogens is 546 g/mol. The maximum Gasteiger partial charge on any atom is 0.306 e. The summed E-state index contributed by atoms with van der Waals surface area (Å²) in [5.74, 6) is 4.25. The average Bonchev–Trinajstić information content (AvgIpc) is 3.61. The van der Waals surface area contributed by atoms with Crippen molar-refractivity contribution in [2.45, 2.75) is 162 Å². The number of unbranched alkanes of at least 4 members (excludes halogenated alkanes) is 2. The maximum absolute atomic E-state index is 12.9. The fourth-order valence-corrected chi connectivity index (χ4v) is 11.2. The number of aromatic amines is 1. The fraction of sp³-hybridized carbons (Fsp3) is 0.895. The lowest BCUT2D eigenvalue weighted by Gasteiger charge is -2.66. The van der Waals surface area contributed by atoms with Gasteiger partial charge in [0.25, 0.3) is 0 Å². The van der Waals surface area contributed by atoms with Crippen LogP contribution in [-0.4, -0.2) is 45.3 Å². The van der Waals surface area contributed by atoms with E-state index in [1.54, 1.807) is 6.33 Å². The number of nitrogens with zero attached hydrogens (tertiary/aromatic N) is 1. The van der Waals surface area contributed by atoms with Gasteiger partial charge in [-0.25, -0.2) is 4.98 Å². The number of aromatic nitrogens is 2. The average molecular weight is 612 g/mol. The summed E-state index contributed by atoms with van der Waals surface area (Å²) in [5.41, 5.74) is 0.481. The van der Waals surface area contributed by atoms with E-state index in [0.717, 1.165) is 80.9 Å². The lowest BCUT2D eigenvalue weighted by atomic mass is 9.42. The van der Waals surface area contributed by atoms with Crippen molar-refractivity contribution in [2.24, 2.45) is 46.3 Å². The van der Waals surface area contributed by atoms with E-state index in [1.165, 1.54) is 44.9 Å². The van der Waals surface area contributed by atoms with Crippen LogP contribution >= 0.6 is 0 Å². The van der Waals surface area contributed by atoms with Crippen LogP contribution in [0.1, 0.15) is 144 Å². The Morgan fingerprint density at radius 2 is 1.91 bits per heavy atom. The van der Waals surface area contributed by atoms with E-state index in [9.17, 15) is 9.90 Å². The lowest BCUT2D eigenvalue weighted by molar-refractivity contribution is -0.237. The molecule has 4 fully saturated rings. The number of nitrogens with one attached hydrogen (secondary N) is 2. The Bertz CT molecular complexity index is 1060. The Morgan fingerprint density at radius 1 is 1.09 bits per heavy atom. The van der Waals surface area contributed by atoms with Crippen LogP contribution in [0.25, 0.3) is 0 Å². The molecule has 4 saturated carbocycles. The standard InChI is InChI=1S/C38H65N3O3/c1-7-8-9-13-35(42)44-29-16-20-37(6)33-17-19-36(5)31(27(4)12-10-11-26(2)3)14-15-32(36)30(33)22-34(38(37,43)23-29)40-21-18-28-24-39-25-41-28/h24-27,29-34,40,43H,7-23H2,1-6H3,(H,39,41)/t27-,29+,30+,31-,32+,33+,34-,36-,37-,38+/m1/s1. The first kappa shape index (κ1) is 33.9. The van der Waals surface area contributed by atoms with Crippen LogP contribution in [0.5, 0.6) is 0 Å². The number of hydrogen-bond donors (Lipinski definition) is 3. The van der Waals surface area contributed by atoms with E-state index in [2.05, 4.69) is 56.8 Å². The first-order valence-corrected chi connectivity index (χ1v) is 18.6. The quantitative estimate of drug-likeness (QED) is 0.146. The minimum absolute atomic E-state index is 0.00290. The van der Waals surface area contributed by atoms with Gasteiger partial charge in [-0.3, -0.25) is 4.79 Å². The normalized spacial score (nSPS) is 39.0. The van der Waals surface area contributed by atoms with Gasteiger partial charge in [0, 0.05) is 49.2 Å². The van der Waals surface area contributed by atoms with E-state index in [-0.39, 0.29) is 23.5 Å². The van der Waals surface area contributed by atoms with Crippen molar-refractivity contribution in [3.05, 3.63) is 18.2 Å². The summed E-state index contributed by atoms with van der Waals surface area (Å²) < 4.78 is 6.08. The van der Waals surface area contributed by atoms with E-state index in [0.29, 0.717) is 30.1 Å². The summed E-state index contributed by atoms with van der Waals surface area (Å²) in [4.78, 5) is 20.2. The van der Waals surface area contributed by atoms with Gasteiger partial charge in [-0.05, 0) is 92.3 Å². The first-order chi connectivity index (χ1) is 21.0. The van der Waals surface area contributed by atoms with Crippen LogP contribution in [-0.2, 0) is 16.0 Å². The number of H-pyrrole nitrogens is 1. The second-order valence-electron chi connectivity index (χ2n) is 16.6. The number of carbonyl (C=O) groups is 1. The molecule has 0 unspecified atom stereocenters. The van der Waals surface area contributed by atoms with Crippen molar-refractivity contribution in [2.75, 3.05) is 6.54 Å². The molecule has 10 atom stereocenters. The lowest BCUT2D eigenvalue weighted by Crippen LogP contribution is -2.71. The summed E-state index contributed by atoms with van der Waals surface area (Å²) >= 11 is 0. The highest BCUT2D eigenvalue weighted by Gasteiger charge is 2.67. The largest absolute Gasteiger partial charge is 0.462 e. The number of aliphatic hydroxyl groups is 1. The molecule has 0 aliphatic heterocycles. The third-order valence-corrected chi connectivity index (χ3v) is 13.7. The van der Waals surface area contributed by atoms with Crippen molar-refractivity contribution in [3.63, 3.8) is 0 Å². The van der Waals surface area contributed by atoms with Crippen LogP contribution < -0.4 is 5.32 Å². The van der Waals surface area contributed by atoms with Crippen molar-refractivity contribution in [1.82, 2.24) is 15.3 Å². The molecule has 0 aromatic carbocycles. The minimum Gasteiger partial charge on any atom is -0.462 e. The summed E-state index contributed by atoms with van der Waals surface area (Å²) in [5, 5.41) is 16.8. The van der Waals surface area contributed by atoms with Crippen molar-refractivity contribution >= 4 is 5.97 Å². The SMILES string of the molecule is CCCCCC(=O)O[C@H]1CC[C@]2(C)[C@H]3CC[C@]4(C)[C@@H]([C@H](C)CCCC(C)C)CC[C@H]4[C@@H]3C[C@@H](NCCc3cnc[nH]3)[C@@]2(O)C1. The minimum atomic E-state index is -0.884. The zero-order valence-corrected chi connectivity index (χ0v) is 29.0. The Morgan fingerprint density at radius 3 is 2.64 bits per heavy atom. The van der Waals surface area contributed by atoms with Gasteiger partial charge < -0.3 is 20.1 Å². The molecule has 1 aromatic heterocycles. The molecule has 0 spiro atoms. The van der Waals surface area contributed by atoms with Crippen LogP contribution in [0.2, 0.25) is 0 Å². The van der Waals surface area contributed by atoms with Gasteiger partial charge >= 0.3 is 5.97 Å². The van der Waals surface area contributed by atoms with Gasteiger partial charge in [0.2, 0.25) is 0 Å². The molecule has 0 radical (unpaired) electrons. The summed E-state index contributed by atoms with van der Waals surface area (Å²) in [7, 11) is 0. The molecule has 44 heavy (non-hydrogen) atoms. The Kier molecular flexibility index (Phi) is 10.9. The Labute approximate surface area is 268 Å². The fourth-order valence-electron chi connectivity index (χ4n) is 11.2. The first-order valence-electron chi connectivity index (χ1n) is 18.6. The molecule has 6 heteroatoms.